The van der Waals surface area contributed by atoms with Crippen LogP contribution in [0, 0.1) is 6.92 Å². The molecular weight excluding hydrogens is 198 g/mol. The maximum absolute atomic E-state index is 6.06. The first-order chi connectivity index (χ1) is 6.63. The fourth-order valence-electron chi connectivity index (χ4n) is 1.65. The molecule has 14 heavy (non-hydrogen) atoms. The van der Waals surface area contributed by atoms with Crippen LogP contribution in [-0.2, 0) is 13.6 Å². The number of benzene rings is 1. The molecule has 0 atom stereocenters. The predicted octanol–water partition coefficient (Wildman–Crippen LogP) is 1.99. The Morgan fingerprint density at radius 1 is 1.50 bits per heavy atom. The molecule has 0 aliphatic heterocycles. The van der Waals surface area contributed by atoms with Crippen molar-refractivity contribution in [2.75, 3.05) is 0 Å². The van der Waals surface area contributed by atoms with Gasteiger partial charge in [-0.1, -0.05) is 11.6 Å². The van der Waals surface area contributed by atoms with Crippen molar-refractivity contribution in [3.05, 3.63) is 28.4 Å². The number of aryl methyl sites for hydroxylation is 2. The quantitative estimate of drug-likeness (QED) is 0.781. The summed E-state index contributed by atoms with van der Waals surface area (Å²) in [6, 6.07) is 3.93. The molecule has 2 N–H and O–H groups in total. The van der Waals surface area contributed by atoms with Crippen molar-refractivity contribution in [3.8, 4) is 0 Å². The summed E-state index contributed by atoms with van der Waals surface area (Å²) in [6.07, 6.45) is 0. The smallest absolute Gasteiger partial charge is 0.0696 e. The van der Waals surface area contributed by atoms with Crippen LogP contribution in [0.3, 0.4) is 0 Å². The Bertz CT molecular complexity index is 488. The molecule has 2 rings (SSSR count). The van der Waals surface area contributed by atoms with E-state index in [0.717, 1.165) is 22.2 Å². The van der Waals surface area contributed by atoms with Gasteiger partial charge in [-0.2, -0.15) is 5.10 Å². The van der Waals surface area contributed by atoms with Crippen LogP contribution in [0.5, 0.6) is 0 Å². The Hall–Kier alpha value is -1.06. The Labute approximate surface area is 87.5 Å². The molecule has 0 bridgehead atoms. The van der Waals surface area contributed by atoms with Crippen molar-refractivity contribution in [2.24, 2.45) is 12.8 Å². The van der Waals surface area contributed by atoms with Crippen molar-refractivity contribution < 1.29 is 0 Å². The molecule has 4 heteroatoms. The fraction of sp³-hybridized carbons (Fsp3) is 0.300. The molecule has 0 saturated heterocycles. The van der Waals surface area contributed by atoms with E-state index < -0.39 is 0 Å². The van der Waals surface area contributed by atoms with Crippen LogP contribution in [-0.4, -0.2) is 9.78 Å². The van der Waals surface area contributed by atoms with E-state index in [0.29, 0.717) is 11.6 Å². The van der Waals surface area contributed by atoms with Crippen molar-refractivity contribution in [2.45, 2.75) is 13.5 Å². The second-order valence-corrected chi connectivity index (χ2v) is 3.78. The molecule has 0 aliphatic carbocycles. The number of aromatic nitrogens is 2. The Balaban J connectivity index is 2.82. The lowest BCUT2D eigenvalue weighted by molar-refractivity contribution is 0.783. The van der Waals surface area contributed by atoms with E-state index in [2.05, 4.69) is 5.10 Å². The first-order valence-corrected chi connectivity index (χ1v) is 4.83. The third kappa shape index (κ3) is 1.29. The standard InChI is InChI=1S/C10H12ClN3/c1-6-8-3-7(5-12)9(11)4-10(8)14(2)13-6/h3-4H,5,12H2,1-2H3. The third-order valence-electron chi connectivity index (χ3n) is 2.42. The van der Waals surface area contributed by atoms with Gasteiger partial charge in [0.05, 0.1) is 11.2 Å². The summed E-state index contributed by atoms with van der Waals surface area (Å²) >= 11 is 6.06. The van der Waals surface area contributed by atoms with E-state index in [1.165, 1.54) is 0 Å². The summed E-state index contributed by atoms with van der Waals surface area (Å²) in [7, 11) is 1.91. The van der Waals surface area contributed by atoms with Gasteiger partial charge in [-0.3, -0.25) is 4.68 Å². The average molecular weight is 210 g/mol. The highest BCUT2D eigenvalue weighted by molar-refractivity contribution is 6.32. The zero-order chi connectivity index (χ0) is 10.3. The zero-order valence-electron chi connectivity index (χ0n) is 8.21. The lowest BCUT2D eigenvalue weighted by Gasteiger charge is -2.01. The van der Waals surface area contributed by atoms with Gasteiger partial charge < -0.3 is 5.73 Å². The van der Waals surface area contributed by atoms with Gasteiger partial charge >= 0.3 is 0 Å². The fourth-order valence-corrected chi connectivity index (χ4v) is 1.89. The Morgan fingerprint density at radius 3 is 2.86 bits per heavy atom. The SMILES string of the molecule is Cc1nn(C)c2cc(Cl)c(CN)cc12. The summed E-state index contributed by atoms with van der Waals surface area (Å²) in [4.78, 5) is 0. The molecule has 1 heterocycles. The second-order valence-electron chi connectivity index (χ2n) is 3.37. The maximum atomic E-state index is 6.06. The van der Waals surface area contributed by atoms with E-state index in [1.54, 1.807) is 0 Å². The molecule has 0 spiro atoms. The molecule has 3 nitrogen and oxygen atoms in total. The van der Waals surface area contributed by atoms with Crippen molar-refractivity contribution in [3.63, 3.8) is 0 Å². The largest absolute Gasteiger partial charge is 0.326 e. The number of nitrogens with two attached hydrogens (primary N) is 1. The minimum atomic E-state index is 0.461. The predicted molar refractivity (Wildman–Crippen MR) is 58.4 cm³/mol. The zero-order valence-corrected chi connectivity index (χ0v) is 8.97. The van der Waals surface area contributed by atoms with Gasteiger partial charge in [-0.15, -0.1) is 0 Å². The molecule has 0 aliphatic rings. The van der Waals surface area contributed by atoms with Crippen LogP contribution < -0.4 is 5.73 Å². The molecule has 0 fully saturated rings. The van der Waals surface area contributed by atoms with E-state index in [1.807, 2.05) is 30.8 Å². The number of hydrogen-bond acceptors (Lipinski definition) is 2. The molecule has 0 amide bonds. The Kier molecular flexibility index (Phi) is 2.21. The lowest BCUT2D eigenvalue weighted by Crippen LogP contribution is -1.97. The van der Waals surface area contributed by atoms with Crippen molar-refractivity contribution in [1.82, 2.24) is 9.78 Å². The van der Waals surface area contributed by atoms with Gasteiger partial charge in [0.2, 0.25) is 0 Å². The molecule has 0 radical (unpaired) electrons. The minimum Gasteiger partial charge on any atom is -0.326 e. The van der Waals surface area contributed by atoms with E-state index in [-0.39, 0.29) is 0 Å². The summed E-state index contributed by atoms with van der Waals surface area (Å²) in [5.41, 5.74) is 8.61. The van der Waals surface area contributed by atoms with Gasteiger partial charge in [0.15, 0.2) is 0 Å². The van der Waals surface area contributed by atoms with Crippen LogP contribution in [0.4, 0.5) is 0 Å². The minimum absolute atomic E-state index is 0.461. The molecule has 74 valence electrons. The molecule has 1 aromatic heterocycles. The first kappa shape index (κ1) is 9.49. The van der Waals surface area contributed by atoms with Crippen LogP contribution >= 0.6 is 11.6 Å². The van der Waals surface area contributed by atoms with Crippen LogP contribution in [0.25, 0.3) is 10.9 Å². The molecule has 0 unspecified atom stereocenters. The van der Waals surface area contributed by atoms with E-state index in [4.69, 9.17) is 17.3 Å². The number of halogens is 1. The van der Waals surface area contributed by atoms with Crippen LogP contribution in [0.1, 0.15) is 11.3 Å². The monoisotopic (exact) mass is 209 g/mol. The van der Waals surface area contributed by atoms with Gasteiger partial charge in [0.25, 0.3) is 0 Å². The van der Waals surface area contributed by atoms with E-state index >= 15 is 0 Å². The van der Waals surface area contributed by atoms with Gasteiger partial charge in [0, 0.05) is 24.0 Å². The third-order valence-corrected chi connectivity index (χ3v) is 2.77. The number of fused-ring (bicyclic) bond motifs is 1. The first-order valence-electron chi connectivity index (χ1n) is 4.45. The summed E-state index contributed by atoms with van der Waals surface area (Å²) in [5.74, 6) is 0. The Morgan fingerprint density at radius 2 is 2.21 bits per heavy atom. The maximum Gasteiger partial charge on any atom is 0.0696 e. The summed E-state index contributed by atoms with van der Waals surface area (Å²) in [6.45, 7) is 2.44. The normalized spacial score (nSPS) is 11.1. The molecule has 1 aromatic carbocycles. The van der Waals surface area contributed by atoms with Crippen LogP contribution in [0.2, 0.25) is 5.02 Å². The summed E-state index contributed by atoms with van der Waals surface area (Å²) < 4.78 is 1.83. The average Bonchev–Trinajstić information content (AvgIpc) is 2.41. The molecule has 0 saturated carbocycles. The van der Waals surface area contributed by atoms with Gasteiger partial charge in [-0.05, 0) is 24.6 Å². The molecular formula is C10H12ClN3. The second kappa shape index (κ2) is 3.26. The lowest BCUT2D eigenvalue weighted by atomic mass is 10.1. The van der Waals surface area contributed by atoms with Gasteiger partial charge in [0.1, 0.15) is 0 Å². The molecule has 2 aromatic rings. The number of nitrogens with zero attached hydrogens (tertiary/aromatic N) is 2. The van der Waals surface area contributed by atoms with Crippen molar-refractivity contribution in [1.29, 1.82) is 0 Å². The van der Waals surface area contributed by atoms with Gasteiger partial charge in [-0.25, -0.2) is 0 Å². The highest BCUT2D eigenvalue weighted by atomic mass is 35.5. The van der Waals surface area contributed by atoms with E-state index in [9.17, 15) is 0 Å². The number of rotatable bonds is 1. The number of hydrogen-bond donors (Lipinski definition) is 1. The highest BCUT2D eigenvalue weighted by Crippen LogP contribution is 2.25. The summed E-state index contributed by atoms with van der Waals surface area (Å²) in [5, 5.41) is 6.16. The topological polar surface area (TPSA) is 43.8 Å². The highest BCUT2D eigenvalue weighted by Gasteiger charge is 2.08. The van der Waals surface area contributed by atoms with Crippen LogP contribution in [0.15, 0.2) is 12.1 Å². The van der Waals surface area contributed by atoms with Crippen molar-refractivity contribution >= 4 is 22.5 Å².